The van der Waals surface area contributed by atoms with Crippen molar-refractivity contribution in [2.45, 2.75) is 330 Å². The number of carbonyl (C=O) groups is 1. The lowest BCUT2D eigenvalue weighted by Gasteiger charge is -2.48. The van der Waals surface area contributed by atoms with Crippen LogP contribution in [0.25, 0.3) is 0 Å². The molecule has 0 bridgehead atoms. The van der Waals surface area contributed by atoms with Gasteiger partial charge in [-0.2, -0.15) is 0 Å². The molecule has 3 rings (SSSR count). The zero-order valence-electron chi connectivity index (χ0n) is 54.8. The molecule has 90 heavy (non-hydrogen) atoms. The van der Waals surface area contributed by atoms with Crippen molar-refractivity contribution in [2.75, 3.05) is 26.4 Å². The molecule has 19 heteroatoms. The fourth-order valence-electron chi connectivity index (χ4n) is 11.3. The van der Waals surface area contributed by atoms with E-state index in [0.717, 1.165) is 96.3 Å². The van der Waals surface area contributed by atoms with Crippen molar-refractivity contribution in [1.82, 2.24) is 5.32 Å². The van der Waals surface area contributed by atoms with Crippen molar-refractivity contribution in [2.24, 2.45) is 0 Å². The van der Waals surface area contributed by atoms with Crippen LogP contribution < -0.4 is 5.32 Å². The zero-order valence-corrected chi connectivity index (χ0v) is 54.8. The number of hydrogen-bond acceptors (Lipinski definition) is 18. The number of allylic oxidation sites excluding steroid dienone is 13. The molecule has 3 fully saturated rings. The Hall–Kier alpha value is -3.03. The van der Waals surface area contributed by atoms with E-state index in [1.807, 2.05) is 6.08 Å². The molecule has 0 radical (unpaired) electrons. The van der Waals surface area contributed by atoms with Crippen LogP contribution in [0.1, 0.15) is 226 Å². The maximum Gasteiger partial charge on any atom is 0.220 e. The predicted molar refractivity (Wildman–Crippen MR) is 351 cm³/mol. The Balaban J connectivity index is 1.39. The maximum atomic E-state index is 13.4. The van der Waals surface area contributed by atoms with Crippen LogP contribution in [-0.2, 0) is 33.2 Å². The van der Waals surface area contributed by atoms with Gasteiger partial charge in [0, 0.05) is 6.42 Å². The average Bonchev–Trinajstić information content (AvgIpc) is 0.908. The van der Waals surface area contributed by atoms with Crippen LogP contribution in [0.15, 0.2) is 85.1 Å². The smallest absolute Gasteiger partial charge is 0.220 e. The van der Waals surface area contributed by atoms with Gasteiger partial charge in [-0.1, -0.05) is 234 Å². The lowest BCUT2D eigenvalue weighted by atomic mass is 9.96. The lowest BCUT2D eigenvalue weighted by molar-refractivity contribution is -0.379. The monoisotopic (exact) mass is 1280 g/mol. The summed E-state index contributed by atoms with van der Waals surface area (Å²) in [7, 11) is 0. The number of ether oxygens (including phenoxy) is 6. The second-order valence-corrected chi connectivity index (χ2v) is 24.6. The molecule has 0 aromatic carbocycles. The minimum absolute atomic E-state index is 0.236. The van der Waals surface area contributed by atoms with Crippen LogP contribution >= 0.6 is 0 Å². The lowest BCUT2D eigenvalue weighted by Crippen LogP contribution is -2.66. The molecule has 3 aliphatic rings. The molecule has 12 N–H and O–H groups in total. The Labute approximate surface area is 540 Å². The molecule has 3 aliphatic heterocycles. The third kappa shape index (κ3) is 33.9. The van der Waals surface area contributed by atoms with Gasteiger partial charge in [-0.15, -0.1) is 0 Å². The van der Waals surface area contributed by atoms with Crippen LogP contribution in [0.2, 0.25) is 0 Å². The number of unbranched alkanes of at least 4 members (excludes halogenated alkanes) is 24. The number of aliphatic hydroxyl groups excluding tert-OH is 11. The van der Waals surface area contributed by atoms with E-state index in [2.05, 4.69) is 92.1 Å². The second kappa shape index (κ2) is 52.3. The van der Waals surface area contributed by atoms with Gasteiger partial charge in [-0.05, 0) is 70.6 Å². The van der Waals surface area contributed by atoms with Crippen LogP contribution in [0.4, 0.5) is 0 Å². The topological polar surface area (TPSA) is 307 Å². The van der Waals surface area contributed by atoms with Gasteiger partial charge >= 0.3 is 0 Å². The molecule has 0 aliphatic carbocycles. The zero-order chi connectivity index (χ0) is 65.4. The number of carbonyl (C=O) groups excluding carboxylic acids is 1. The van der Waals surface area contributed by atoms with Crippen molar-refractivity contribution in [3.63, 3.8) is 0 Å². The highest BCUT2D eigenvalue weighted by Gasteiger charge is 2.53. The van der Waals surface area contributed by atoms with Crippen LogP contribution in [0, 0.1) is 0 Å². The van der Waals surface area contributed by atoms with Gasteiger partial charge in [-0.25, -0.2) is 0 Å². The molecule has 3 heterocycles. The molecule has 0 aromatic rings. The van der Waals surface area contributed by atoms with Crippen LogP contribution in [-0.4, -0.2) is 193 Å². The van der Waals surface area contributed by atoms with Gasteiger partial charge in [0.1, 0.15) is 73.2 Å². The quantitative estimate of drug-likeness (QED) is 0.0200. The summed E-state index contributed by atoms with van der Waals surface area (Å²) in [6.45, 7) is 1.60. The SMILES string of the molecule is CC/C=C\C/C=C\C/C=C\C/C=C\C/C=C\C/C=C\CCCCCCCCCCCCCCC(=O)NC(COC1OC(CO)C(OC2OC(CO)C(OC3OC(CO)C(O)C(O)C3O)C(O)C2O)C(O)C1O)C(O)/C=C/CCCCCCCCCCCCCC. The standard InChI is InChI=1S/C71H123NO18/c1-3-5-7-9-11-13-15-17-19-20-21-22-23-24-25-26-27-28-29-30-31-32-33-34-35-37-39-41-43-45-47-49-59(77)72-54(55(76)48-46-44-42-40-38-36-18-16-14-12-10-8-6-4-2)53-85-69-65(83)62(80)67(57(51-74)87-69)90-71-66(84)63(81)68(58(52-75)88-71)89-70-64(82)61(79)60(78)56(50-73)86-70/h5,7,11,13,17,19,21-22,24-25,27-28,46,48,54-58,60-71,73-76,78-84H,3-4,6,8-10,12,14-16,18,20,23,26,29-45,47,49-53H2,1-2H3,(H,72,77)/b7-5-,13-11-,19-17-,22-21-,25-24-,28-27-,48-46+. The van der Waals surface area contributed by atoms with E-state index < -0.39 is 124 Å². The van der Waals surface area contributed by atoms with E-state index in [1.165, 1.54) is 103 Å². The van der Waals surface area contributed by atoms with Gasteiger partial charge in [0.2, 0.25) is 5.91 Å². The Morgan fingerprint density at radius 2 is 0.767 bits per heavy atom. The summed E-state index contributed by atoms with van der Waals surface area (Å²) in [5.41, 5.74) is 0. The van der Waals surface area contributed by atoms with Gasteiger partial charge in [0.15, 0.2) is 18.9 Å². The molecule has 0 spiro atoms. The van der Waals surface area contributed by atoms with Gasteiger partial charge < -0.3 is 89.9 Å². The third-order valence-corrected chi connectivity index (χ3v) is 16.9. The second-order valence-electron chi connectivity index (χ2n) is 24.6. The molecule has 520 valence electrons. The molecule has 0 saturated carbocycles. The highest BCUT2D eigenvalue weighted by Crippen LogP contribution is 2.33. The Morgan fingerprint density at radius 1 is 0.411 bits per heavy atom. The molecule has 19 nitrogen and oxygen atoms in total. The fraction of sp³-hybridized carbons (Fsp3) is 0.789. The molecular formula is C71H123NO18. The molecule has 0 aromatic heterocycles. The van der Waals surface area contributed by atoms with Gasteiger partial charge in [0.25, 0.3) is 0 Å². The van der Waals surface area contributed by atoms with E-state index in [0.29, 0.717) is 6.42 Å². The third-order valence-electron chi connectivity index (χ3n) is 16.9. The van der Waals surface area contributed by atoms with Crippen LogP contribution in [0.5, 0.6) is 0 Å². The number of aliphatic hydroxyl groups is 11. The highest BCUT2D eigenvalue weighted by atomic mass is 16.8. The average molecular weight is 1280 g/mol. The summed E-state index contributed by atoms with van der Waals surface area (Å²) in [5, 5.41) is 120. The molecule has 17 atom stereocenters. The Bertz CT molecular complexity index is 1960. The molecule has 17 unspecified atom stereocenters. The summed E-state index contributed by atoms with van der Waals surface area (Å²) in [6.07, 6.45) is 39.9. The minimum atomic E-state index is -1.98. The van der Waals surface area contributed by atoms with Crippen molar-refractivity contribution in [3.8, 4) is 0 Å². The first-order valence-corrected chi connectivity index (χ1v) is 34.8. The maximum absolute atomic E-state index is 13.4. The van der Waals surface area contributed by atoms with Gasteiger partial charge in [0.05, 0.1) is 38.6 Å². The number of nitrogens with one attached hydrogen (secondary N) is 1. The first-order chi connectivity index (χ1) is 43.8. The number of rotatable bonds is 52. The van der Waals surface area contributed by atoms with E-state index in [-0.39, 0.29) is 18.9 Å². The summed E-state index contributed by atoms with van der Waals surface area (Å²) < 4.78 is 34.3. The highest BCUT2D eigenvalue weighted by molar-refractivity contribution is 5.76. The Kier molecular flexibility index (Phi) is 47.2. The fourth-order valence-corrected chi connectivity index (χ4v) is 11.3. The van der Waals surface area contributed by atoms with E-state index in [1.54, 1.807) is 6.08 Å². The van der Waals surface area contributed by atoms with Crippen molar-refractivity contribution in [3.05, 3.63) is 85.1 Å². The van der Waals surface area contributed by atoms with Crippen molar-refractivity contribution >= 4 is 5.91 Å². The molecule has 1 amide bonds. The summed E-state index contributed by atoms with van der Waals surface area (Å²) in [4.78, 5) is 13.4. The molecule has 3 saturated heterocycles. The molecular weight excluding hydrogens is 1150 g/mol. The van der Waals surface area contributed by atoms with E-state index in [9.17, 15) is 61.0 Å². The minimum Gasteiger partial charge on any atom is -0.394 e. The Morgan fingerprint density at radius 3 is 1.20 bits per heavy atom. The number of amides is 1. The van der Waals surface area contributed by atoms with E-state index in [4.69, 9.17) is 28.4 Å². The van der Waals surface area contributed by atoms with Crippen LogP contribution in [0.3, 0.4) is 0 Å². The number of hydrogen-bond donors (Lipinski definition) is 12. The van der Waals surface area contributed by atoms with Crippen molar-refractivity contribution < 1.29 is 89.4 Å². The predicted octanol–water partition coefficient (Wildman–Crippen LogP) is 9.10. The summed E-state index contributed by atoms with van der Waals surface area (Å²) in [6, 6.07) is -0.978. The summed E-state index contributed by atoms with van der Waals surface area (Å²) in [5.74, 6) is -0.281. The van der Waals surface area contributed by atoms with E-state index >= 15 is 0 Å². The normalized spacial score (nSPS) is 28.6. The summed E-state index contributed by atoms with van der Waals surface area (Å²) >= 11 is 0. The largest absolute Gasteiger partial charge is 0.394 e. The first kappa shape index (κ1) is 81.2. The van der Waals surface area contributed by atoms with Gasteiger partial charge in [-0.3, -0.25) is 4.79 Å². The first-order valence-electron chi connectivity index (χ1n) is 34.8. The van der Waals surface area contributed by atoms with Crippen molar-refractivity contribution in [1.29, 1.82) is 0 Å².